The van der Waals surface area contributed by atoms with E-state index in [1.807, 2.05) is 24.9 Å². The molecule has 1 aromatic heterocycles. The highest BCUT2D eigenvalue weighted by Crippen LogP contribution is 2.39. The van der Waals surface area contributed by atoms with Crippen molar-refractivity contribution in [1.29, 1.82) is 0 Å². The van der Waals surface area contributed by atoms with E-state index in [1.165, 1.54) is 21.0 Å². The Labute approximate surface area is 379 Å². The van der Waals surface area contributed by atoms with Crippen LogP contribution in [0.2, 0.25) is 0 Å². The monoisotopic (exact) mass is 904 g/mol. The minimum atomic E-state index is -1.95. The van der Waals surface area contributed by atoms with Crippen LogP contribution in [0.3, 0.4) is 0 Å². The first-order valence-electron chi connectivity index (χ1n) is 23.1. The number of unbranched alkanes of at least 4 members (excludes halogenated alkanes) is 4. The number of likely N-dealkylation sites (N-methyl/N-ethyl adjacent to an activating group) is 1. The molecule has 362 valence electrons. The van der Waals surface area contributed by atoms with Gasteiger partial charge in [-0.3, -0.25) is 29.2 Å². The molecule has 0 saturated carbocycles. The van der Waals surface area contributed by atoms with E-state index in [4.69, 9.17) is 24.2 Å². The summed E-state index contributed by atoms with van der Waals surface area (Å²) in [7, 11) is 3.42. The summed E-state index contributed by atoms with van der Waals surface area (Å²) in [5.74, 6) is -5.11. The van der Waals surface area contributed by atoms with Crippen molar-refractivity contribution in [3.8, 4) is 0 Å². The molecule has 2 fully saturated rings. The molecule has 0 aliphatic carbocycles. The Kier molecular flexibility index (Phi) is 19.9. The summed E-state index contributed by atoms with van der Waals surface area (Å²) < 4.78 is 26.8. The molecule has 3 unspecified atom stereocenters. The lowest BCUT2D eigenvalue weighted by Gasteiger charge is -2.48. The van der Waals surface area contributed by atoms with Gasteiger partial charge in [-0.2, -0.15) is 0 Å². The third-order valence-corrected chi connectivity index (χ3v) is 13.8. The topological polar surface area (TPSA) is 235 Å². The Morgan fingerprint density at radius 2 is 1.61 bits per heavy atom. The number of carbonyl (C=O) groups excluding carboxylic acids is 3. The maximum atomic E-state index is 13.9. The number of aromatic nitrogens is 3. The summed E-state index contributed by atoms with van der Waals surface area (Å²) in [5, 5.41) is 63.8. The van der Waals surface area contributed by atoms with E-state index in [2.05, 4.69) is 39.5 Å². The minimum absolute atomic E-state index is 0.0905. The van der Waals surface area contributed by atoms with Crippen molar-refractivity contribution < 1.29 is 59.0 Å². The van der Waals surface area contributed by atoms with Crippen molar-refractivity contribution in [3.05, 3.63) is 47.3 Å². The van der Waals surface area contributed by atoms with Crippen molar-refractivity contribution in [2.24, 2.45) is 23.7 Å². The van der Waals surface area contributed by atoms with Crippen molar-refractivity contribution in [2.45, 2.75) is 193 Å². The van der Waals surface area contributed by atoms with Gasteiger partial charge in [0.1, 0.15) is 23.6 Å². The van der Waals surface area contributed by atoms with Crippen LogP contribution in [0.25, 0.3) is 0 Å². The number of nitrogens with zero attached hydrogens (tertiary/aromatic N) is 4. The molecule has 2 aliphatic heterocycles. The Morgan fingerprint density at radius 3 is 2.25 bits per heavy atom. The second kappa shape index (κ2) is 23.9. The van der Waals surface area contributed by atoms with E-state index in [-0.39, 0.29) is 36.7 Å². The van der Waals surface area contributed by atoms with Gasteiger partial charge in [0, 0.05) is 63.0 Å². The SMILES string of the molecule is CCC1OC(=O)[C@H](C)[C@H](O)[C@H](C)C(OC2O[C@H](C)C[C@H](N(C)Cc3ccc(Cc4cn(CCCCCCCC(=O)NO)nn4)cc3)[C@H]2O)[C@@](C)(OC)C[C@@H](C)C(=O)[C@H](C)[C@@H](O)[C@]1(C)O. The van der Waals surface area contributed by atoms with Gasteiger partial charge in [-0.1, -0.05) is 76.4 Å². The van der Waals surface area contributed by atoms with Crippen LogP contribution >= 0.6 is 0 Å². The standard InChI is InChI=1S/C47H77N5O12/c1-11-37-47(8,59)42(57)30(4)39(54)28(2)25-46(7,61-10)43(31(5)40(55)32(6)44(58)63-37)64-45-41(56)36(23-29(3)62-45)51(9)26-34-20-18-33(19-21-34)24-35-27-52(50-48-35)22-16-14-12-13-15-17-38(53)49-60/h18-21,27-32,36-37,40-43,45,55-57,59-60H,11-17,22-26H2,1-10H3,(H,49,53)/t28-,29-,30+,31+,32-,36+,37?,40-,41-,42-,43?,45?,46+,47-/m1/s1. The number of ketones is 1. The normalized spacial score (nSPS) is 34.6. The second-order valence-electron chi connectivity index (χ2n) is 19.1. The Balaban J connectivity index is 1.45. The molecule has 2 aromatic rings. The van der Waals surface area contributed by atoms with Gasteiger partial charge in [0.25, 0.3) is 0 Å². The number of aryl methyl sites for hydroxylation is 1. The summed E-state index contributed by atoms with van der Waals surface area (Å²) in [6.07, 6.45) is 0.629. The number of hydrogen-bond donors (Lipinski definition) is 6. The largest absolute Gasteiger partial charge is 0.459 e. The molecule has 2 aliphatic rings. The molecule has 2 saturated heterocycles. The number of ether oxygens (including phenoxy) is 4. The number of Topliss-reactive ketones (excluding diaryl/α,β-unsaturated/α-hetero) is 1. The number of carbonyl (C=O) groups is 3. The zero-order valence-electron chi connectivity index (χ0n) is 39.7. The summed E-state index contributed by atoms with van der Waals surface area (Å²) in [6.45, 7) is 14.5. The van der Waals surface area contributed by atoms with Gasteiger partial charge in [-0.05, 0) is 78.0 Å². The summed E-state index contributed by atoms with van der Waals surface area (Å²) in [5.41, 5.74) is 1.43. The van der Waals surface area contributed by atoms with Crippen LogP contribution < -0.4 is 5.48 Å². The summed E-state index contributed by atoms with van der Waals surface area (Å²) in [6, 6.07) is 7.86. The molecule has 6 N–H and O–H groups in total. The van der Waals surface area contributed by atoms with Crippen LogP contribution in [0.5, 0.6) is 0 Å². The fraction of sp³-hybridized carbons (Fsp3) is 0.766. The number of nitrogens with one attached hydrogen (secondary N) is 1. The van der Waals surface area contributed by atoms with Crippen LogP contribution in [-0.2, 0) is 52.8 Å². The number of rotatable bonds is 17. The molecule has 4 rings (SSSR count). The molecule has 64 heavy (non-hydrogen) atoms. The maximum absolute atomic E-state index is 13.9. The number of cyclic esters (lactones) is 1. The van der Waals surface area contributed by atoms with Crippen molar-refractivity contribution in [1.82, 2.24) is 25.4 Å². The fourth-order valence-electron chi connectivity index (χ4n) is 9.56. The van der Waals surface area contributed by atoms with E-state index < -0.39 is 77.7 Å². The number of amides is 1. The third kappa shape index (κ3) is 13.6. The lowest BCUT2D eigenvalue weighted by atomic mass is 9.74. The van der Waals surface area contributed by atoms with Crippen LogP contribution in [0.4, 0.5) is 0 Å². The Hall–Kier alpha value is -3.39. The van der Waals surface area contributed by atoms with Crippen LogP contribution in [0, 0.1) is 23.7 Å². The Bertz CT molecular complexity index is 1780. The first-order valence-corrected chi connectivity index (χ1v) is 23.1. The van der Waals surface area contributed by atoms with Crippen molar-refractivity contribution in [2.75, 3.05) is 14.2 Å². The summed E-state index contributed by atoms with van der Waals surface area (Å²) >= 11 is 0. The van der Waals surface area contributed by atoms with Crippen molar-refractivity contribution >= 4 is 17.7 Å². The number of benzene rings is 1. The fourth-order valence-corrected chi connectivity index (χ4v) is 9.56. The first kappa shape index (κ1) is 53.2. The number of aliphatic hydroxyl groups is 4. The minimum Gasteiger partial charge on any atom is -0.459 e. The van der Waals surface area contributed by atoms with Crippen LogP contribution in [0.1, 0.15) is 130 Å². The van der Waals surface area contributed by atoms with Gasteiger partial charge in [-0.25, -0.2) is 5.48 Å². The molecule has 1 amide bonds. The molecule has 1 aromatic carbocycles. The molecule has 0 bridgehead atoms. The Morgan fingerprint density at radius 1 is 0.969 bits per heavy atom. The second-order valence-corrected chi connectivity index (χ2v) is 19.1. The van der Waals surface area contributed by atoms with Gasteiger partial charge < -0.3 is 39.4 Å². The van der Waals surface area contributed by atoms with Gasteiger partial charge in [0.2, 0.25) is 5.91 Å². The smallest absolute Gasteiger partial charge is 0.311 e. The lowest BCUT2D eigenvalue weighted by Crippen LogP contribution is -2.60. The first-order chi connectivity index (χ1) is 30.2. The summed E-state index contributed by atoms with van der Waals surface area (Å²) in [4.78, 5) is 40.7. The van der Waals surface area contributed by atoms with E-state index in [1.54, 1.807) is 40.1 Å². The van der Waals surface area contributed by atoms with Gasteiger partial charge in [-0.15, -0.1) is 5.10 Å². The molecule has 14 atom stereocenters. The predicted octanol–water partition coefficient (Wildman–Crippen LogP) is 4.11. The van der Waals surface area contributed by atoms with Gasteiger partial charge >= 0.3 is 5.97 Å². The molecule has 0 radical (unpaired) electrons. The quantitative estimate of drug-likeness (QED) is 0.0567. The van der Waals surface area contributed by atoms with E-state index >= 15 is 0 Å². The average molecular weight is 904 g/mol. The molecule has 0 spiro atoms. The molecule has 17 nitrogen and oxygen atoms in total. The highest BCUT2D eigenvalue weighted by Gasteiger charge is 2.52. The average Bonchev–Trinajstić information content (AvgIpc) is 3.72. The number of hydroxylamine groups is 1. The predicted molar refractivity (Wildman–Crippen MR) is 236 cm³/mol. The van der Waals surface area contributed by atoms with E-state index in [0.717, 1.165) is 55.5 Å². The maximum Gasteiger partial charge on any atom is 0.311 e. The molecule has 3 heterocycles. The number of esters is 1. The van der Waals surface area contributed by atoms with E-state index in [0.29, 0.717) is 25.8 Å². The van der Waals surface area contributed by atoms with Crippen molar-refractivity contribution in [3.63, 3.8) is 0 Å². The zero-order chi connectivity index (χ0) is 47.5. The van der Waals surface area contributed by atoms with E-state index in [9.17, 15) is 34.8 Å². The van der Waals surface area contributed by atoms with Crippen LogP contribution in [-0.4, -0.2) is 138 Å². The molecular weight excluding hydrogens is 827 g/mol. The number of aliphatic hydroxyl groups excluding tert-OH is 3. The lowest BCUT2D eigenvalue weighted by molar-refractivity contribution is -0.302. The number of methoxy groups -OCH3 is 1. The highest BCUT2D eigenvalue weighted by molar-refractivity contribution is 5.83. The van der Waals surface area contributed by atoms with Gasteiger partial charge in [0.15, 0.2) is 6.29 Å². The zero-order valence-corrected chi connectivity index (χ0v) is 39.7. The highest BCUT2D eigenvalue weighted by atomic mass is 16.7. The number of hydrogen-bond acceptors (Lipinski definition) is 15. The molecule has 17 heteroatoms. The van der Waals surface area contributed by atoms with Crippen LogP contribution in [0.15, 0.2) is 30.5 Å². The molecular formula is C47H77N5O12. The van der Waals surface area contributed by atoms with Gasteiger partial charge in [0.05, 0.1) is 41.6 Å². The third-order valence-electron chi connectivity index (χ3n) is 13.8.